The number of alkyl carbamates (subject to hydrolysis) is 3. The normalized spacial score (nSPS) is 5.75. The molecule has 0 aromatic heterocycles. The molecule has 9 nitrogen and oxygen atoms in total. The van der Waals surface area contributed by atoms with E-state index in [-0.39, 0.29) is 6.42 Å². The number of carbonyl (C=O) groups is 3. The van der Waals surface area contributed by atoms with Gasteiger partial charge in [-0.1, -0.05) is 6.92 Å². The second kappa shape index (κ2) is 46.4. The lowest BCUT2D eigenvalue weighted by molar-refractivity contribution is -0.0156. The summed E-state index contributed by atoms with van der Waals surface area (Å²) >= 11 is 0. The van der Waals surface area contributed by atoms with Gasteiger partial charge in [-0.25, -0.2) is 30.3 Å². The smallest absolute Gasteiger partial charge is 0.418 e. The highest BCUT2D eigenvalue weighted by Crippen LogP contribution is 2.24. The van der Waals surface area contributed by atoms with Gasteiger partial charge in [-0.3, -0.25) is 0 Å². The van der Waals surface area contributed by atoms with Crippen LogP contribution in [0.5, 0.6) is 0 Å². The van der Waals surface area contributed by atoms with E-state index in [2.05, 4.69) is 318 Å². The van der Waals surface area contributed by atoms with Crippen molar-refractivity contribution in [2.75, 3.05) is 19.8 Å². The van der Waals surface area contributed by atoms with E-state index < -0.39 is 43.5 Å². The molecule has 0 saturated carbocycles. The Bertz CT molecular complexity index is 3560. The van der Waals surface area contributed by atoms with Gasteiger partial charge in [-0.15, -0.1) is 19.3 Å². The molecule has 72 heavy (non-hydrogen) atoms. The summed E-state index contributed by atoms with van der Waals surface area (Å²) in [6.45, 7) is 0.379. The van der Waals surface area contributed by atoms with Crippen LogP contribution in [0.4, 0.5) is 14.4 Å². The Hall–Kier alpha value is -14.1. The summed E-state index contributed by atoms with van der Waals surface area (Å²) < 4.78 is 15.8. The molecule has 3 amide bonds. The number of rotatable bonds is 7. The molecule has 0 aromatic rings. The van der Waals surface area contributed by atoms with Gasteiger partial charge in [0.15, 0.2) is 0 Å². The van der Waals surface area contributed by atoms with E-state index in [1.165, 1.54) is 0 Å². The van der Waals surface area contributed by atoms with Crippen molar-refractivity contribution < 1.29 is 28.6 Å². The molecule has 0 bridgehead atoms. The van der Waals surface area contributed by atoms with Gasteiger partial charge in [0.2, 0.25) is 0 Å². The van der Waals surface area contributed by atoms with Crippen LogP contribution in [0.25, 0.3) is 0 Å². The number of ether oxygens (including phenoxy) is 3. The molecule has 0 aliphatic heterocycles. The first kappa shape index (κ1) is 57.9. The molecule has 0 saturated heterocycles. The number of amides is 3. The minimum Gasteiger partial charge on any atom is -0.448 e. The van der Waals surface area contributed by atoms with Gasteiger partial charge in [0, 0.05) is 160 Å². The van der Waals surface area contributed by atoms with E-state index in [0.29, 0.717) is 0 Å². The van der Waals surface area contributed by atoms with Gasteiger partial charge in [-0.2, -0.15) is 0 Å². The van der Waals surface area contributed by atoms with Crippen LogP contribution in [0.3, 0.4) is 0 Å². The van der Waals surface area contributed by atoms with Gasteiger partial charge in [0.1, 0.15) is 19.8 Å². The lowest BCUT2D eigenvalue weighted by atomic mass is 9.88. The highest BCUT2D eigenvalue weighted by molar-refractivity contribution is 5.71. The molecule has 0 rings (SSSR count). The molecule has 3 N–H and O–H groups in total. The van der Waals surface area contributed by atoms with Crippen LogP contribution in [0.1, 0.15) is 13.3 Å². The second-order valence-corrected chi connectivity index (χ2v) is 10.4. The minimum atomic E-state index is -1.28. The van der Waals surface area contributed by atoms with Crippen LogP contribution in [0, 0.1) is 327 Å². The summed E-state index contributed by atoms with van der Waals surface area (Å²) in [6.07, 6.45) is 12.0. The average Bonchev–Trinajstić information content (AvgIpc) is 3.39. The molecule has 0 fully saturated rings. The predicted octanol–water partition coefficient (Wildman–Crippen LogP) is 0.415. The number of terminal acetylenes is 3. The van der Waals surface area contributed by atoms with E-state index in [9.17, 15) is 14.4 Å². The van der Waals surface area contributed by atoms with E-state index >= 15 is 0 Å². The standard InChI is InChI=1S/C63H17N3O6/c1-5-9-12-15-18-21-24-27-30-33-36-39-42-45-48-51-54-64-60(67)70-57-63(8-4,58-71-61(68)65-55-52-49-46-43-40-37-34-31-28-25-22-19-16-13-10-6-2)59-72-62(69)66-56-53-50-47-44-41-38-35-32-29-26-23-20-17-14-11-7-3/h1-3H,8,57-59H2,4H3,(H,64,67)(H,65,68)(H,66,69). The van der Waals surface area contributed by atoms with E-state index in [0.717, 1.165) is 0 Å². The molecule has 0 aliphatic rings. The molecule has 0 aliphatic carbocycles. The van der Waals surface area contributed by atoms with E-state index in [1.807, 2.05) is 0 Å². The van der Waals surface area contributed by atoms with Gasteiger partial charge in [0.05, 0.1) is 5.41 Å². The summed E-state index contributed by atoms with van der Waals surface area (Å²) in [4.78, 5) is 37.4. The Morgan fingerprint density at radius 1 is 0.292 bits per heavy atom. The van der Waals surface area contributed by atoms with Crippen molar-refractivity contribution in [3.05, 3.63) is 0 Å². The molecule has 0 unspecified atom stereocenters. The predicted molar refractivity (Wildman–Crippen MR) is 269 cm³/mol. The summed E-state index contributed by atoms with van der Waals surface area (Å²) in [6, 6.07) is 6.85. The van der Waals surface area contributed by atoms with Gasteiger partial charge in [-0.05, 0) is 149 Å². The van der Waals surface area contributed by atoms with E-state index in [4.69, 9.17) is 33.5 Å². The Morgan fingerprint density at radius 3 is 0.597 bits per heavy atom. The summed E-state index contributed by atoms with van der Waals surface area (Å²) in [5.74, 6) is 115. The summed E-state index contributed by atoms with van der Waals surface area (Å²) in [7, 11) is 0. The maximum Gasteiger partial charge on any atom is 0.418 e. The third kappa shape index (κ3) is 41.3. The van der Waals surface area contributed by atoms with Crippen molar-refractivity contribution in [3.8, 4) is 322 Å². The van der Waals surface area contributed by atoms with Crippen LogP contribution in [0.2, 0.25) is 0 Å². The first-order valence-corrected chi connectivity index (χ1v) is 18.6. The largest absolute Gasteiger partial charge is 0.448 e. The van der Waals surface area contributed by atoms with Crippen LogP contribution < -0.4 is 16.0 Å². The first-order chi connectivity index (χ1) is 35.4. The summed E-state index contributed by atoms with van der Waals surface area (Å²) in [5, 5.41) is 6.51. The van der Waals surface area contributed by atoms with Gasteiger partial charge >= 0.3 is 18.3 Å². The van der Waals surface area contributed by atoms with Crippen LogP contribution in [-0.2, 0) is 14.2 Å². The fourth-order valence-electron chi connectivity index (χ4n) is 2.86. The van der Waals surface area contributed by atoms with Crippen LogP contribution in [-0.4, -0.2) is 38.1 Å². The molecule has 0 spiro atoms. The van der Waals surface area contributed by atoms with Crippen LogP contribution in [0.15, 0.2) is 0 Å². The zero-order valence-electron chi connectivity index (χ0n) is 37.0. The maximum atomic E-state index is 12.5. The summed E-state index contributed by atoms with van der Waals surface area (Å²) in [5.41, 5.74) is -1.28. The van der Waals surface area contributed by atoms with Gasteiger partial charge < -0.3 is 14.2 Å². The Kier molecular flexibility index (Phi) is 37.4. The maximum absolute atomic E-state index is 12.5. The number of carbonyl (C=O) groups excluding carboxylic acids is 3. The van der Waals surface area contributed by atoms with Crippen LogP contribution >= 0.6 is 0 Å². The highest BCUT2D eigenvalue weighted by Gasteiger charge is 2.34. The molecule has 320 valence electrons. The minimum absolute atomic E-state index is 0.155. The van der Waals surface area contributed by atoms with Crippen molar-refractivity contribution in [2.45, 2.75) is 13.3 Å². The molecular weight excluding hydrogens is 895 g/mol. The third-order valence-corrected chi connectivity index (χ3v) is 5.80. The lowest BCUT2D eigenvalue weighted by Gasteiger charge is -2.30. The van der Waals surface area contributed by atoms with Crippen molar-refractivity contribution in [1.82, 2.24) is 16.0 Å². The third-order valence-electron chi connectivity index (χ3n) is 5.80. The Morgan fingerprint density at radius 2 is 0.444 bits per heavy atom. The van der Waals surface area contributed by atoms with Crippen molar-refractivity contribution in [3.63, 3.8) is 0 Å². The highest BCUT2D eigenvalue weighted by atomic mass is 16.6. The zero-order valence-corrected chi connectivity index (χ0v) is 37.0. The molecular formula is C63H17N3O6. The molecule has 0 heterocycles. The first-order valence-electron chi connectivity index (χ1n) is 18.6. The van der Waals surface area contributed by atoms with Crippen molar-refractivity contribution >= 4 is 18.3 Å². The molecule has 9 heteroatoms. The Balaban J connectivity index is 5.69. The zero-order chi connectivity index (χ0) is 52.4. The molecule has 0 atom stereocenters. The van der Waals surface area contributed by atoms with Crippen molar-refractivity contribution in [2.24, 2.45) is 5.41 Å². The molecule has 0 aromatic carbocycles. The second-order valence-electron chi connectivity index (χ2n) is 10.4. The molecule has 0 radical (unpaired) electrons. The fraction of sp³-hybridized carbons (Fsp3) is 0.0952. The topological polar surface area (TPSA) is 115 Å². The monoisotopic (exact) mass is 911 g/mol. The number of hydrogen-bond acceptors (Lipinski definition) is 6. The number of nitrogens with one attached hydrogen (secondary N) is 3. The quantitative estimate of drug-likeness (QED) is 0.194. The van der Waals surface area contributed by atoms with Gasteiger partial charge in [0.25, 0.3) is 0 Å². The lowest BCUT2D eigenvalue weighted by Crippen LogP contribution is -2.41. The fourth-order valence-corrected chi connectivity index (χ4v) is 2.86. The van der Waals surface area contributed by atoms with E-state index in [1.54, 1.807) is 6.92 Å². The Labute approximate surface area is 421 Å². The van der Waals surface area contributed by atoms with Crippen molar-refractivity contribution in [1.29, 1.82) is 0 Å². The average molecular weight is 912 g/mol. The SMILES string of the molecule is C#CC#CC#CC#CC#CC#CC#CC#CC#CNC(=O)OCC(CC)(COC(=O)NC#CC#CC#CC#CC#CC#CC#CC#CC#C)COC(=O)NC#CC#CC#CC#CC#CC#CC#CC#CC#C. The number of hydrogen-bond donors (Lipinski definition) is 3.